The fourth-order valence-electron chi connectivity index (χ4n) is 2.45. The Morgan fingerprint density at radius 1 is 1.41 bits per heavy atom. The summed E-state index contributed by atoms with van der Waals surface area (Å²) in [6.07, 6.45) is -3.13. The number of hydrogen-bond donors (Lipinski definition) is 1. The van der Waals surface area contributed by atoms with Gasteiger partial charge in [0, 0.05) is 30.5 Å². The van der Waals surface area contributed by atoms with Crippen LogP contribution in [0.5, 0.6) is 0 Å². The third-order valence-electron chi connectivity index (χ3n) is 3.42. The van der Waals surface area contributed by atoms with Crippen molar-refractivity contribution in [3.63, 3.8) is 0 Å². The van der Waals surface area contributed by atoms with Gasteiger partial charge in [0.1, 0.15) is 5.82 Å². The van der Waals surface area contributed by atoms with Gasteiger partial charge in [0.05, 0.1) is 12.2 Å². The van der Waals surface area contributed by atoms with E-state index >= 15 is 0 Å². The maximum Gasteiger partial charge on any atom is 0.506 e. The lowest BCUT2D eigenvalue weighted by Gasteiger charge is -2.33. The molecule has 3 rings (SSSR count). The Kier molecular flexibility index (Phi) is 3.92. The Hall–Kier alpha value is -1.87. The molecule has 2 aromatic heterocycles. The standard InChI is InChI=1S/C13H13F3N4OS/c14-13(15,16)20-11(3-4-18-20)19-6-5-17-10(12(19)21)8-9-2-1-7-22-9/h1-4,7,10,17H,5-6,8H2. The number of nitrogens with one attached hydrogen (secondary N) is 1. The predicted molar refractivity (Wildman–Crippen MR) is 75.7 cm³/mol. The number of carbonyl (C=O) groups is 1. The lowest BCUT2D eigenvalue weighted by molar-refractivity contribution is -0.211. The molecule has 9 heteroatoms. The zero-order chi connectivity index (χ0) is 15.7. The number of nitrogens with zero attached hydrogens (tertiary/aromatic N) is 3. The highest BCUT2D eigenvalue weighted by Crippen LogP contribution is 2.29. The summed E-state index contributed by atoms with van der Waals surface area (Å²) < 4.78 is 38.7. The molecule has 1 unspecified atom stereocenters. The van der Waals surface area contributed by atoms with E-state index < -0.39 is 12.3 Å². The Morgan fingerprint density at radius 3 is 2.91 bits per heavy atom. The zero-order valence-electron chi connectivity index (χ0n) is 11.4. The molecule has 1 aliphatic rings. The number of piperazine rings is 1. The average Bonchev–Trinajstić information content (AvgIpc) is 3.11. The summed E-state index contributed by atoms with van der Waals surface area (Å²) in [6, 6.07) is 4.46. The number of alkyl halides is 3. The van der Waals surface area contributed by atoms with E-state index in [0.717, 1.165) is 16.0 Å². The first kappa shape index (κ1) is 15.0. The number of rotatable bonds is 3. The topological polar surface area (TPSA) is 50.2 Å². The summed E-state index contributed by atoms with van der Waals surface area (Å²) in [5, 5.41) is 8.24. The van der Waals surface area contributed by atoms with E-state index in [2.05, 4.69) is 10.4 Å². The Balaban J connectivity index is 1.83. The fourth-order valence-corrected chi connectivity index (χ4v) is 3.20. The van der Waals surface area contributed by atoms with Gasteiger partial charge in [0.15, 0.2) is 0 Å². The lowest BCUT2D eigenvalue weighted by Crippen LogP contribution is -2.56. The van der Waals surface area contributed by atoms with Crippen molar-refractivity contribution in [2.45, 2.75) is 18.8 Å². The second-order valence-corrected chi connectivity index (χ2v) is 5.88. The van der Waals surface area contributed by atoms with Gasteiger partial charge < -0.3 is 5.32 Å². The summed E-state index contributed by atoms with van der Waals surface area (Å²) in [7, 11) is 0. The third kappa shape index (κ3) is 2.86. The number of amides is 1. The van der Waals surface area contributed by atoms with Crippen LogP contribution >= 0.6 is 11.3 Å². The van der Waals surface area contributed by atoms with Crippen LogP contribution in [-0.2, 0) is 17.5 Å². The maximum atomic E-state index is 12.9. The second-order valence-electron chi connectivity index (χ2n) is 4.85. The molecule has 1 saturated heterocycles. The second kappa shape index (κ2) is 5.73. The van der Waals surface area contributed by atoms with Crippen molar-refractivity contribution in [3.05, 3.63) is 34.7 Å². The van der Waals surface area contributed by atoms with Crippen LogP contribution in [-0.4, -0.2) is 34.8 Å². The van der Waals surface area contributed by atoms with E-state index in [4.69, 9.17) is 0 Å². The van der Waals surface area contributed by atoms with Gasteiger partial charge in [-0.2, -0.15) is 9.78 Å². The molecule has 0 aromatic carbocycles. The molecule has 0 radical (unpaired) electrons. The molecule has 0 bridgehead atoms. The highest BCUT2D eigenvalue weighted by molar-refractivity contribution is 7.09. The van der Waals surface area contributed by atoms with Crippen molar-refractivity contribution in [3.8, 4) is 0 Å². The Morgan fingerprint density at radius 2 is 2.23 bits per heavy atom. The van der Waals surface area contributed by atoms with E-state index in [1.165, 1.54) is 17.4 Å². The van der Waals surface area contributed by atoms with Crippen LogP contribution in [0.4, 0.5) is 19.0 Å². The molecule has 1 amide bonds. The van der Waals surface area contributed by atoms with Crippen molar-refractivity contribution in [1.82, 2.24) is 15.1 Å². The number of halogens is 3. The average molecular weight is 330 g/mol. The molecule has 3 heterocycles. The van der Waals surface area contributed by atoms with Crippen molar-refractivity contribution >= 4 is 23.1 Å². The first-order valence-corrected chi connectivity index (χ1v) is 7.53. The smallest absolute Gasteiger partial charge is 0.304 e. The lowest BCUT2D eigenvalue weighted by atomic mass is 10.1. The fraction of sp³-hybridized carbons (Fsp3) is 0.385. The molecule has 0 aliphatic carbocycles. The highest BCUT2D eigenvalue weighted by atomic mass is 32.1. The van der Waals surface area contributed by atoms with Gasteiger partial charge in [0.2, 0.25) is 5.91 Å². The molecule has 2 aromatic rings. The minimum absolute atomic E-state index is 0.0710. The zero-order valence-corrected chi connectivity index (χ0v) is 12.2. The van der Waals surface area contributed by atoms with Gasteiger partial charge in [-0.25, -0.2) is 0 Å². The highest BCUT2D eigenvalue weighted by Gasteiger charge is 2.38. The van der Waals surface area contributed by atoms with Crippen LogP contribution in [0, 0.1) is 0 Å². The minimum atomic E-state index is -4.65. The molecule has 1 atom stereocenters. The predicted octanol–water partition coefficient (Wildman–Crippen LogP) is 1.97. The van der Waals surface area contributed by atoms with Gasteiger partial charge >= 0.3 is 6.30 Å². The monoisotopic (exact) mass is 330 g/mol. The van der Waals surface area contributed by atoms with Gasteiger partial charge in [-0.15, -0.1) is 24.5 Å². The van der Waals surface area contributed by atoms with Gasteiger partial charge in [0.25, 0.3) is 0 Å². The van der Waals surface area contributed by atoms with Crippen LogP contribution in [0.3, 0.4) is 0 Å². The Bertz CT molecular complexity index is 653. The van der Waals surface area contributed by atoms with Crippen molar-refractivity contribution in [1.29, 1.82) is 0 Å². The SMILES string of the molecule is O=C1C(Cc2cccs2)NCCN1c1ccnn1C(F)(F)F. The number of aromatic nitrogens is 2. The normalized spacial score (nSPS) is 19.7. The molecule has 1 N–H and O–H groups in total. The molecule has 0 spiro atoms. The van der Waals surface area contributed by atoms with Gasteiger partial charge in [-0.1, -0.05) is 6.07 Å². The first-order valence-electron chi connectivity index (χ1n) is 6.65. The van der Waals surface area contributed by atoms with Crippen molar-refractivity contribution in [2.24, 2.45) is 0 Å². The van der Waals surface area contributed by atoms with Crippen LogP contribution < -0.4 is 10.2 Å². The molecular weight excluding hydrogens is 317 g/mol. The summed E-state index contributed by atoms with van der Waals surface area (Å²) in [5.74, 6) is -0.610. The molecular formula is C13H13F3N4OS. The van der Waals surface area contributed by atoms with Crippen LogP contribution in [0.15, 0.2) is 29.8 Å². The van der Waals surface area contributed by atoms with E-state index in [9.17, 15) is 18.0 Å². The number of hydrogen-bond acceptors (Lipinski definition) is 4. The molecule has 5 nitrogen and oxygen atoms in total. The largest absolute Gasteiger partial charge is 0.506 e. The maximum absolute atomic E-state index is 12.9. The summed E-state index contributed by atoms with van der Waals surface area (Å²) in [6.45, 7) is 0.617. The number of thiophene rings is 1. The Labute approximate surface area is 128 Å². The molecule has 1 aliphatic heterocycles. The van der Waals surface area contributed by atoms with Crippen molar-refractivity contribution < 1.29 is 18.0 Å². The quantitative estimate of drug-likeness (QED) is 0.936. The molecule has 1 fully saturated rings. The molecule has 118 valence electrons. The van der Waals surface area contributed by atoms with E-state index in [1.807, 2.05) is 17.5 Å². The van der Waals surface area contributed by atoms with Crippen LogP contribution in [0.25, 0.3) is 0 Å². The third-order valence-corrected chi connectivity index (χ3v) is 4.31. The number of anilines is 1. The van der Waals surface area contributed by atoms with Gasteiger partial charge in [-0.05, 0) is 11.4 Å². The first-order chi connectivity index (χ1) is 10.5. The minimum Gasteiger partial charge on any atom is -0.304 e. The number of carbonyl (C=O) groups excluding carboxylic acids is 1. The van der Waals surface area contributed by atoms with Crippen LogP contribution in [0.2, 0.25) is 0 Å². The van der Waals surface area contributed by atoms with E-state index in [-0.39, 0.29) is 23.0 Å². The summed E-state index contributed by atoms with van der Waals surface area (Å²) in [5.41, 5.74) is 0. The molecule has 22 heavy (non-hydrogen) atoms. The van der Waals surface area contributed by atoms with E-state index in [0.29, 0.717) is 13.0 Å². The van der Waals surface area contributed by atoms with E-state index in [1.54, 1.807) is 0 Å². The van der Waals surface area contributed by atoms with Crippen LogP contribution in [0.1, 0.15) is 4.88 Å². The van der Waals surface area contributed by atoms with Gasteiger partial charge in [-0.3, -0.25) is 9.69 Å². The molecule has 0 saturated carbocycles. The summed E-state index contributed by atoms with van der Waals surface area (Å²) in [4.78, 5) is 14.6. The summed E-state index contributed by atoms with van der Waals surface area (Å²) >= 11 is 1.52. The van der Waals surface area contributed by atoms with Crippen molar-refractivity contribution in [2.75, 3.05) is 18.0 Å².